The van der Waals surface area contributed by atoms with Crippen LogP contribution in [0.25, 0.3) is 10.9 Å². The molecule has 0 bridgehead atoms. The average Bonchev–Trinajstić information content (AvgIpc) is 3.11. The third-order valence-electron chi connectivity index (χ3n) is 3.22. The van der Waals surface area contributed by atoms with Gasteiger partial charge in [0.2, 0.25) is 0 Å². The van der Waals surface area contributed by atoms with Crippen molar-refractivity contribution < 1.29 is 9.90 Å². The van der Waals surface area contributed by atoms with Gasteiger partial charge in [-0.3, -0.25) is 4.98 Å². The van der Waals surface area contributed by atoms with Gasteiger partial charge in [0, 0.05) is 11.6 Å². The lowest BCUT2D eigenvalue weighted by Gasteiger charge is -2.04. The Bertz CT molecular complexity index is 615. The van der Waals surface area contributed by atoms with Gasteiger partial charge < -0.3 is 5.11 Å². The Hall–Kier alpha value is -1.90. The summed E-state index contributed by atoms with van der Waals surface area (Å²) in [7, 11) is 0. The molecule has 3 rings (SSSR count). The first-order chi connectivity index (χ1) is 8.97. The molecule has 0 spiro atoms. The van der Waals surface area contributed by atoms with Crippen molar-refractivity contribution in [3.05, 3.63) is 41.1 Å². The van der Waals surface area contributed by atoms with E-state index in [0.29, 0.717) is 5.56 Å². The van der Waals surface area contributed by atoms with Crippen LogP contribution in [0.1, 0.15) is 41.3 Å². The van der Waals surface area contributed by atoms with Crippen molar-refractivity contribution in [2.24, 2.45) is 5.92 Å². The lowest BCUT2D eigenvalue weighted by atomic mass is 10.1. The van der Waals surface area contributed by atoms with E-state index in [1.807, 2.05) is 19.9 Å². The van der Waals surface area contributed by atoms with E-state index < -0.39 is 5.97 Å². The van der Waals surface area contributed by atoms with E-state index in [2.05, 4.69) is 11.9 Å². The summed E-state index contributed by atoms with van der Waals surface area (Å²) < 4.78 is 0. The zero-order chi connectivity index (χ0) is 14.0. The number of rotatable bonds is 1. The quantitative estimate of drug-likeness (QED) is 0.841. The van der Waals surface area contributed by atoms with E-state index in [4.69, 9.17) is 5.11 Å². The van der Waals surface area contributed by atoms with E-state index in [9.17, 15) is 4.79 Å². The van der Waals surface area contributed by atoms with Crippen LogP contribution in [0, 0.1) is 19.8 Å². The third kappa shape index (κ3) is 3.53. The molecule has 1 N–H and O–H groups in total. The first-order valence-electron chi connectivity index (χ1n) is 6.57. The van der Waals surface area contributed by atoms with E-state index in [1.54, 1.807) is 18.3 Å². The SMILES string of the molecule is CC1CC1.Cc1cnc2c(C)cc(C(=O)O)cc2c1. The molecule has 0 saturated heterocycles. The minimum Gasteiger partial charge on any atom is -0.478 e. The van der Waals surface area contributed by atoms with Gasteiger partial charge in [0.15, 0.2) is 0 Å². The van der Waals surface area contributed by atoms with Gasteiger partial charge in [0.25, 0.3) is 0 Å². The van der Waals surface area contributed by atoms with Gasteiger partial charge in [0.1, 0.15) is 0 Å². The average molecular weight is 257 g/mol. The van der Waals surface area contributed by atoms with Gasteiger partial charge in [-0.25, -0.2) is 4.79 Å². The van der Waals surface area contributed by atoms with Crippen LogP contribution in [-0.2, 0) is 0 Å². The minimum atomic E-state index is -0.901. The molecule has 1 heterocycles. The Morgan fingerprint density at radius 3 is 2.42 bits per heavy atom. The van der Waals surface area contributed by atoms with Crippen LogP contribution >= 0.6 is 0 Å². The highest BCUT2D eigenvalue weighted by Crippen LogP contribution is 2.26. The number of hydrogen-bond acceptors (Lipinski definition) is 2. The monoisotopic (exact) mass is 257 g/mol. The number of pyridine rings is 1. The van der Waals surface area contributed by atoms with Crippen molar-refractivity contribution in [2.45, 2.75) is 33.6 Å². The lowest BCUT2D eigenvalue weighted by Crippen LogP contribution is -1.97. The summed E-state index contributed by atoms with van der Waals surface area (Å²) in [6.07, 6.45) is 4.76. The Morgan fingerprint density at radius 1 is 1.26 bits per heavy atom. The van der Waals surface area contributed by atoms with Crippen molar-refractivity contribution in [3.8, 4) is 0 Å². The number of fused-ring (bicyclic) bond motifs is 1. The predicted molar refractivity (Wildman–Crippen MR) is 76.6 cm³/mol. The summed E-state index contributed by atoms with van der Waals surface area (Å²) in [5.74, 6) is 0.182. The maximum Gasteiger partial charge on any atom is 0.335 e. The summed E-state index contributed by atoms with van der Waals surface area (Å²) in [6, 6.07) is 5.25. The van der Waals surface area contributed by atoms with Crippen LogP contribution in [0.2, 0.25) is 0 Å². The van der Waals surface area contributed by atoms with Gasteiger partial charge in [-0.1, -0.05) is 19.8 Å². The number of aryl methyl sites for hydroxylation is 2. The summed E-state index contributed by atoms with van der Waals surface area (Å²) in [6.45, 7) is 6.09. The molecule has 0 atom stereocenters. The Morgan fingerprint density at radius 2 is 1.89 bits per heavy atom. The highest BCUT2D eigenvalue weighted by atomic mass is 16.4. The van der Waals surface area contributed by atoms with Crippen LogP contribution < -0.4 is 0 Å². The highest BCUT2D eigenvalue weighted by molar-refractivity contribution is 5.94. The van der Waals surface area contributed by atoms with Crippen LogP contribution in [0.5, 0.6) is 0 Å². The number of aromatic nitrogens is 1. The van der Waals surface area contributed by atoms with E-state index in [-0.39, 0.29) is 0 Å². The largest absolute Gasteiger partial charge is 0.478 e. The fourth-order valence-corrected chi connectivity index (χ4v) is 1.83. The molecule has 0 amide bonds. The topological polar surface area (TPSA) is 50.2 Å². The highest BCUT2D eigenvalue weighted by Gasteiger charge is 2.12. The summed E-state index contributed by atoms with van der Waals surface area (Å²) >= 11 is 0. The number of benzene rings is 1. The summed E-state index contributed by atoms with van der Waals surface area (Å²) in [5, 5.41) is 9.80. The van der Waals surface area contributed by atoms with E-state index in [1.165, 1.54) is 12.8 Å². The zero-order valence-electron chi connectivity index (χ0n) is 11.6. The van der Waals surface area contributed by atoms with Crippen LogP contribution in [0.3, 0.4) is 0 Å². The van der Waals surface area contributed by atoms with Gasteiger partial charge >= 0.3 is 5.97 Å². The maximum absolute atomic E-state index is 10.9. The Balaban J connectivity index is 0.000000284. The van der Waals surface area contributed by atoms with Crippen LogP contribution in [-0.4, -0.2) is 16.1 Å². The third-order valence-corrected chi connectivity index (χ3v) is 3.22. The van der Waals surface area contributed by atoms with Crippen molar-refractivity contribution in [1.29, 1.82) is 0 Å². The second-order valence-corrected chi connectivity index (χ2v) is 5.37. The smallest absolute Gasteiger partial charge is 0.335 e. The molecule has 2 aromatic rings. The fourth-order valence-electron chi connectivity index (χ4n) is 1.83. The molecule has 19 heavy (non-hydrogen) atoms. The number of hydrogen-bond donors (Lipinski definition) is 1. The molecule has 3 heteroatoms. The number of carbonyl (C=O) groups is 1. The molecule has 100 valence electrons. The number of carboxylic acid groups (broad SMARTS) is 1. The minimum absolute atomic E-state index is 0.312. The Kier molecular flexibility index (Phi) is 3.84. The van der Waals surface area contributed by atoms with Gasteiger partial charge in [-0.05, 0) is 49.1 Å². The molecule has 1 fully saturated rings. The molecule has 0 unspecified atom stereocenters. The molecule has 1 aliphatic carbocycles. The molecule has 0 radical (unpaired) electrons. The van der Waals surface area contributed by atoms with Gasteiger partial charge in [0.05, 0.1) is 11.1 Å². The molecule has 3 nitrogen and oxygen atoms in total. The van der Waals surface area contributed by atoms with Crippen LogP contribution in [0.4, 0.5) is 0 Å². The maximum atomic E-state index is 10.9. The van der Waals surface area contributed by atoms with E-state index >= 15 is 0 Å². The molecular weight excluding hydrogens is 238 g/mol. The Labute approximate surface area is 113 Å². The second-order valence-electron chi connectivity index (χ2n) is 5.37. The molecular formula is C16H19NO2. The second kappa shape index (κ2) is 5.39. The van der Waals surface area contributed by atoms with Crippen molar-refractivity contribution >= 4 is 16.9 Å². The number of aromatic carboxylic acids is 1. The molecule has 1 aliphatic rings. The van der Waals surface area contributed by atoms with E-state index in [0.717, 1.165) is 27.9 Å². The molecule has 1 aromatic heterocycles. The number of nitrogens with zero attached hydrogens (tertiary/aromatic N) is 1. The molecule has 0 aliphatic heterocycles. The standard InChI is InChI=1S/C12H11NO2.C4H8/c1-7-3-9-5-10(12(14)15)4-8(2)11(9)13-6-7;1-4-2-3-4/h3-6H,1-2H3,(H,14,15);4H,2-3H2,1H3. The predicted octanol–water partition coefficient (Wildman–Crippen LogP) is 3.97. The fraction of sp³-hybridized carbons (Fsp3) is 0.375. The summed E-state index contributed by atoms with van der Waals surface area (Å²) in [4.78, 5) is 15.1. The first-order valence-corrected chi connectivity index (χ1v) is 6.57. The van der Waals surface area contributed by atoms with Gasteiger partial charge in [-0.15, -0.1) is 0 Å². The van der Waals surface area contributed by atoms with Gasteiger partial charge in [-0.2, -0.15) is 0 Å². The molecule has 1 saturated carbocycles. The van der Waals surface area contributed by atoms with Crippen molar-refractivity contribution in [3.63, 3.8) is 0 Å². The molecule has 1 aromatic carbocycles. The number of carboxylic acids is 1. The normalized spacial score (nSPS) is 13.8. The first kappa shape index (κ1) is 13.5. The van der Waals surface area contributed by atoms with Crippen molar-refractivity contribution in [1.82, 2.24) is 4.98 Å². The lowest BCUT2D eigenvalue weighted by molar-refractivity contribution is 0.0697. The van der Waals surface area contributed by atoms with Crippen LogP contribution in [0.15, 0.2) is 24.4 Å². The summed E-state index contributed by atoms with van der Waals surface area (Å²) in [5.41, 5.74) is 3.10. The van der Waals surface area contributed by atoms with Crippen molar-refractivity contribution in [2.75, 3.05) is 0 Å². The zero-order valence-corrected chi connectivity index (χ0v) is 11.6.